The summed E-state index contributed by atoms with van der Waals surface area (Å²) >= 11 is 0. The lowest BCUT2D eigenvalue weighted by Crippen LogP contribution is -2.35. The molecule has 0 spiro atoms. The quantitative estimate of drug-likeness (QED) is 0.126. The Morgan fingerprint density at radius 2 is 1.12 bits per heavy atom. The number of likely N-dealkylation sites (tertiary alicyclic amines) is 1. The average molecular weight is 891 g/mol. The molecule has 3 N–H and O–H groups in total. The second-order valence-corrected chi connectivity index (χ2v) is 21.8. The Morgan fingerprint density at radius 3 is 1.63 bits per heavy atom. The normalized spacial score (nSPS) is 24.2. The van der Waals surface area contributed by atoms with Gasteiger partial charge in [-0.2, -0.15) is 0 Å². The highest BCUT2D eigenvalue weighted by molar-refractivity contribution is 5.89. The van der Waals surface area contributed by atoms with E-state index in [0.29, 0.717) is 40.9 Å². The number of carboxylic acid groups (broad SMARTS) is 2. The van der Waals surface area contributed by atoms with Crippen LogP contribution in [0.2, 0.25) is 0 Å². The molecule has 2 unspecified atom stereocenters. The predicted molar refractivity (Wildman–Crippen MR) is 263 cm³/mol. The summed E-state index contributed by atoms with van der Waals surface area (Å²) in [4.78, 5) is 34.6. The largest absolute Gasteiger partial charge is 0.490 e. The van der Waals surface area contributed by atoms with Gasteiger partial charge in [-0.25, -0.2) is 0 Å². The number of carboxylic acids is 2. The van der Waals surface area contributed by atoms with Crippen molar-refractivity contribution in [1.82, 2.24) is 10.2 Å². The van der Waals surface area contributed by atoms with Gasteiger partial charge in [-0.15, -0.1) is 0 Å². The highest BCUT2D eigenvalue weighted by Gasteiger charge is 2.32. The zero-order valence-corrected chi connectivity index (χ0v) is 40.3. The van der Waals surface area contributed by atoms with Gasteiger partial charge in [-0.05, 0) is 195 Å². The number of nitrogens with zero attached hydrogens (tertiary/aromatic N) is 1. The van der Waals surface area contributed by atoms with Gasteiger partial charge in [-0.3, -0.25) is 19.3 Å². The van der Waals surface area contributed by atoms with Crippen molar-refractivity contribution in [3.05, 3.63) is 83.9 Å². The van der Waals surface area contributed by atoms with E-state index in [1.807, 2.05) is 30.3 Å². The van der Waals surface area contributed by atoms with E-state index in [4.69, 9.17) is 19.7 Å². The van der Waals surface area contributed by atoms with E-state index in [1.165, 1.54) is 42.0 Å². The summed E-state index contributed by atoms with van der Waals surface area (Å²) < 4.78 is 12.6. The van der Waals surface area contributed by atoms with Gasteiger partial charge in [0.1, 0.15) is 17.8 Å². The van der Waals surface area contributed by atoms with Crippen molar-refractivity contribution >= 4 is 39.8 Å². The van der Waals surface area contributed by atoms with E-state index in [-0.39, 0.29) is 12.3 Å². The summed E-state index contributed by atoms with van der Waals surface area (Å²) in [5, 5.41) is 25.4. The van der Waals surface area contributed by atoms with Crippen molar-refractivity contribution in [2.75, 3.05) is 26.2 Å². The molecule has 2 saturated heterocycles. The number of rotatable bonds is 11. The van der Waals surface area contributed by atoms with Crippen LogP contribution in [-0.4, -0.2) is 71.7 Å². The minimum absolute atomic E-state index is 0.278. The molecule has 2 heterocycles. The van der Waals surface area contributed by atoms with Crippen LogP contribution in [-0.2, 0) is 16.1 Å². The Kier molecular flexibility index (Phi) is 17.9. The molecule has 0 bridgehead atoms. The molecular formula is C56H78N2O7. The van der Waals surface area contributed by atoms with Gasteiger partial charge in [-0.1, -0.05) is 77.9 Å². The first-order valence-electron chi connectivity index (χ1n) is 24.7. The SMILES string of the molecule is CC(C)(C)C1CCC(Oc2ccc3cc(C=O)ccc3c2)CC1.CC(C)(C)C1CCC(Oc2ccc3cc(CN4CCCC(CC(=O)O)C4)ccc3c2)CC1.O=C(O)CC1CCCNC1. The van der Waals surface area contributed by atoms with Crippen molar-refractivity contribution in [2.24, 2.45) is 34.5 Å². The summed E-state index contributed by atoms with van der Waals surface area (Å²) in [6.07, 6.45) is 16.1. The minimum atomic E-state index is -0.678. The number of ether oxygens (including phenoxy) is 2. The van der Waals surface area contributed by atoms with Crippen LogP contribution in [0.5, 0.6) is 11.5 Å². The van der Waals surface area contributed by atoms with Gasteiger partial charge < -0.3 is 25.0 Å². The summed E-state index contributed by atoms with van der Waals surface area (Å²) in [7, 11) is 0. The molecule has 2 atom stereocenters. The average Bonchev–Trinajstić information content (AvgIpc) is 3.26. The topological polar surface area (TPSA) is 125 Å². The second kappa shape index (κ2) is 23.3. The number of nitrogens with one attached hydrogen (secondary N) is 1. The number of hydrogen-bond acceptors (Lipinski definition) is 7. The lowest BCUT2D eigenvalue weighted by atomic mass is 9.72. The van der Waals surface area contributed by atoms with E-state index in [0.717, 1.165) is 124 Å². The maximum absolute atomic E-state index is 11.1. The molecule has 2 aliphatic carbocycles. The summed E-state index contributed by atoms with van der Waals surface area (Å²) in [6, 6.07) is 25.1. The van der Waals surface area contributed by atoms with E-state index >= 15 is 0 Å². The van der Waals surface area contributed by atoms with Crippen LogP contribution in [0.4, 0.5) is 0 Å². The van der Waals surface area contributed by atoms with Gasteiger partial charge in [0.15, 0.2) is 0 Å². The summed E-state index contributed by atoms with van der Waals surface area (Å²) in [5.41, 5.74) is 2.82. The standard InChI is InChI=1S/C28H39NO3.C21H26O2.C7H13NO2/c1-28(2,3)24-9-12-25(13-10-24)32-26-11-8-22-15-21(6-7-23(22)17-26)19-29-14-4-5-20(18-29)16-27(30)31;1-21(2,3)18-7-10-19(11-8-18)23-20-9-6-16-12-15(14-22)4-5-17(16)13-20;9-7(10)4-6-2-1-3-8-5-6/h6-8,11,15,17,20,24-25H,4-5,9-10,12-14,16,18-19H2,1-3H3,(H,30,31);4-6,9,12-14,18-19H,7-8,10-11H2,1-3H3;6,8H,1-5H2,(H,9,10). The molecule has 0 radical (unpaired) electrons. The lowest BCUT2D eigenvalue weighted by Gasteiger charge is -2.37. The molecule has 8 rings (SSSR count). The molecule has 9 heteroatoms. The van der Waals surface area contributed by atoms with E-state index in [1.54, 1.807) is 0 Å². The number of carbonyl (C=O) groups excluding carboxylic acids is 1. The molecule has 2 aliphatic heterocycles. The molecule has 0 aromatic heterocycles. The van der Waals surface area contributed by atoms with Crippen LogP contribution < -0.4 is 14.8 Å². The molecule has 0 amide bonds. The van der Waals surface area contributed by atoms with Crippen LogP contribution in [0.3, 0.4) is 0 Å². The predicted octanol–water partition coefficient (Wildman–Crippen LogP) is 12.6. The Balaban J connectivity index is 0.000000184. The number of benzene rings is 4. The second-order valence-electron chi connectivity index (χ2n) is 21.8. The van der Waals surface area contributed by atoms with Crippen molar-refractivity contribution in [3.63, 3.8) is 0 Å². The van der Waals surface area contributed by atoms with Crippen LogP contribution in [0, 0.1) is 34.5 Å². The zero-order chi connectivity index (χ0) is 46.6. The smallest absolute Gasteiger partial charge is 0.303 e. The van der Waals surface area contributed by atoms with E-state index < -0.39 is 11.9 Å². The molecule has 65 heavy (non-hydrogen) atoms. The highest BCUT2D eigenvalue weighted by atomic mass is 16.5. The maximum Gasteiger partial charge on any atom is 0.303 e. The number of carbonyl (C=O) groups is 3. The number of fused-ring (bicyclic) bond motifs is 2. The van der Waals surface area contributed by atoms with E-state index in [2.05, 4.69) is 94.2 Å². The number of aldehydes is 1. The van der Waals surface area contributed by atoms with Gasteiger partial charge >= 0.3 is 11.9 Å². The first kappa shape index (κ1) is 50.0. The third kappa shape index (κ3) is 15.8. The van der Waals surface area contributed by atoms with Crippen LogP contribution in [0.25, 0.3) is 21.5 Å². The van der Waals surface area contributed by atoms with Crippen molar-refractivity contribution in [3.8, 4) is 11.5 Å². The Bertz CT molecular complexity index is 2150. The van der Waals surface area contributed by atoms with Crippen molar-refractivity contribution in [1.29, 1.82) is 0 Å². The van der Waals surface area contributed by atoms with Gasteiger partial charge in [0.25, 0.3) is 0 Å². The molecule has 4 aromatic rings. The maximum atomic E-state index is 11.1. The van der Waals surface area contributed by atoms with Gasteiger partial charge in [0.2, 0.25) is 0 Å². The van der Waals surface area contributed by atoms with Crippen LogP contribution >= 0.6 is 0 Å². The van der Waals surface area contributed by atoms with E-state index in [9.17, 15) is 14.4 Å². The molecule has 4 aliphatic rings. The molecule has 9 nitrogen and oxygen atoms in total. The Labute approximate surface area is 389 Å². The van der Waals surface area contributed by atoms with Gasteiger partial charge in [0.05, 0.1) is 12.2 Å². The van der Waals surface area contributed by atoms with Crippen LogP contribution in [0.1, 0.15) is 147 Å². The van der Waals surface area contributed by atoms with Gasteiger partial charge in [0, 0.05) is 31.5 Å². The third-order valence-electron chi connectivity index (χ3n) is 14.6. The monoisotopic (exact) mass is 891 g/mol. The fraction of sp³-hybridized carbons (Fsp3) is 0.589. The third-order valence-corrected chi connectivity index (χ3v) is 14.6. The van der Waals surface area contributed by atoms with Crippen molar-refractivity contribution < 1.29 is 34.1 Å². The minimum Gasteiger partial charge on any atom is -0.490 e. The summed E-state index contributed by atoms with van der Waals surface area (Å²) in [5.74, 6) is 2.83. The first-order chi connectivity index (χ1) is 31.0. The molecule has 2 saturated carbocycles. The fourth-order valence-electron chi connectivity index (χ4n) is 10.6. The Morgan fingerprint density at radius 1 is 0.631 bits per heavy atom. The highest BCUT2D eigenvalue weighted by Crippen LogP contribution is 2.40. The molecular weight excluding hydrogens is 813 g/mol. The Hall–Kier alpha value is -4.47. The zero-order valence-electron chi connectivity index (χ0n) is 40.3. The first-order valence-corrected chi connectivity index (χ1v) is 24.7. The lowest BCUT2D eigenvalue weighted by molar-refractivity contribution is -0.139. The number of aliphatic carboxylic acids is 2. The van der Waals surface area contributed by atoms with Crippen molar-refractivity contribution in [2.45, 2.75) is 150 Å². The van der Waals surface area contributed by atoms with Crippen LogP contribution in [0.15, 0.2) is 72.8 Å². The molecule has 4 aromatic carbocycles. The number of piperidine rings is 2. The summed E-state index contributed by atoms with van der Waals surface area (Å²) in [6.45, 7) is 18.9. The fourth-order valence-corrected chi connectivity index (χ4v) is 10.6. The molecule has 4 fully saturated rings. The molecule has 354 valence electrons. The number of hydrogen-bond donors (Lipinski definition) is 3.